The Morgan fingerprint density at radius 1 is 1.12 bits per heavy atom. The van der Waals surface area contributed by atoms with Crippen LogP contribution in [0, 0.1) is 17.6 Å². The van der Waals surface area contributed by atoms with Gasteiger partial charge in [-0.1, -0.05) is 0 Å². The number of carbonyl (C=O) groups is 1. The van der Waals surface area contributed by atoms with Gasteiger partial charge in [-0.05, 0) is 70.7 Å². The molecule has 7 nitrogen and oxygen atoms in total. The molecule has 174 valence electrons. The second-order valence-electron chi connectivity index (χ2n) is 8.80. The Morgan fingerprint density at radius 2 is 1.81 bits per heavy atom. The monoisotopic (exact) mass is 467 g/mol. The minimum absolute atomic E-state index is 0.0158. The number of pyridine rings is 1. The van der Waals surface area contributed by atoms with E-state index in [0.717, 1.165) is 12.1 Å². The van der Waals surface area contributed by atoms with Crippen LogP contribution in [0.5, 0.6) is 11.6 Å². The van der Waals surface area contributed by atoms with Gasteiger partial charge in [-0.25, -0.2) is 26.9 Å². The Labute approximate surface area is 186 Å². The van der Waals surface area contributed by atoms with Crippen molar-refractivity contribution in [1.82, 2.24) is 9.71 Å². The number of hydrogen-bond acceptors (Lipinski definition) is 5. The maximum absolute atomic E-state index is 13.9. The van der Waals surface area contributed by atoms with Crippen LogP contribution >= 0.6 is 0 Å². The molecule has 1 aliphatic carbocycles. The van der Waals surface area contributed by atoms with E-state index in [9.17, 15) is 22.0 Å². The Balaban J connectivity index is 1.61. The molecule has 0 saturated heterocycles. The molecule has 0 spiro atoms. The molecule has 2 aromatic rings. The van der Waals surface area contributed by atoms with Gasteiger partial charge >= 0.3 is 0 Å². The van der Waals surface area contributed by atoms with E-state index in [1.165, 1.54) is 6.20 Å². The highest BCUT2D eigenvalue weighted by Crippen LogP contribution is 2.31. The van der Waals surface area contributed by atoms with Gasteiger partial charge in [-0.15, -0.1) is 0 Å². The van der Waals surface area contributed by atoms with E-state index in [2.05, 4.69) is 15.0 Å². The first kappa shape index (κ1) is 24.1. The number of ether oxygens (including phenoxy) is 1. The van der Waals surface area contributed by atoms with E-state index in [1.807, 2.05) is 0 Å². The van der Waals surface area contributed by atoms with Crippen molar-refractivity contribution in [2.24, 2.45) is 5.92 Å². The van der Waals surface area contributed by atoms with Crippen LogP contribution in [-0.2, 0) is 14.8 Å². The number of amides is 1. The standard InChI is InChI=1S/C22H27F2N3O4S/c1-22(2,3)32(29,30)27-16-9-6-14(7-10-16)20(28)26-18-5-4-12-25-21(18)31-19-11-8-15(23)13-17(19)24/h4-5,8,11-14,16,27H,6-7,9-10H2,1-3H3,(H,26,28). The molecule has 1 amide bonds. The number of hydrogen-bond donors (Lipinski definition) is 2. The fraction of sp³-hybridized carbons (Fsp3) is 0.455. The average Bonchev–Trinajstić information content (AvgIpc) is 2.71. The SMILES string of the molecule is CC(C)(C)S(=O)(=O)NC1CCC(C(=O)Nc2cccnc2Oc2ccc(F)cc2F)CC1. The number of benzene rings is 1. The second kappa shape index (κ2) is 9.50. The third-order valence-electron chi connectivity index (χ3n) is 5.36. The molecule has 1 aromatic carbocycles. The van der Waals surface area contributed by atoms with Crippen molar-refractivity contribution in [2.75, 3.05) is 5.32 Å². The van der Waals surface area contributed by atoms with Crippen LogP contribution in [0.1, 0.15) is 46.5 Å². The zero-order valence-corrected chi connectivity index (χ0v) is 19.0. The van der Waals surface area contributed by atoms with Crippen molar-refractivity contribution in [3.05, 3.63) is 48.2 Å². The summed E-state index contributed by atoms with van der Waals surface area (Å²) in [4.78, 5) is 16.8. The van der Waals surface area contributed by atoms with Crippen LogP contribution in [0.25, 0.3) is 0 Å². The summed E-state index contributed by atoms with van der Waals surface area (Å²) >= 11 is 0. The van der Waals surface area contributed by atoms with Gasteiger partial charge in [0.1, 0.15) is 11.5 Å². The first-order valence-corrected chi connectivity index (χ1v) is 11.9. The molecule has 10 heteroatoms. The van der Waals surface area contributed by atoms with Crippen molar-refractivity contribution in [1.29, 1.82) is 0 Å². The number of carbonyl (C=O) groups excluding carboxylic acids is 1. The summed E-state index contributed by atoms with van der Waals surface area (Å²) < 4.78 is 59.0. The second-order valence-corrected chi connectivity index (χ2v) is 11.3. The van der Waals surface area contributed by atoms with Crippen LogP contribution in [0.3, 0.4) is 0 Å². The van der Waals surface area contributed by atoms with Crippen molar-refractivity contribution < 1.29 is 26.7 Å². The Hall–Kier alpha value is -2.59. The number of nitrogens with one attached hydrogen (secondary N) is 2. The van der Waals surface area contributed by atoms with Gasteiger partial charge in [0, 0.05) is 24.2 Å². The first-order chi connectivity index (χ1) is 15.0. The Kier molecular flexibility index (Phi) is 7.14. The van der Waals surface area contributed by atoms with E-state index in [1.54, 1.807) is 32.9 Å². The highest BCUT2D eigenvalue weighted by atomic mass is 32.2. The molecule has 0 bridgehead atoms. The number of halogens is 2. The van der Waals surface area contributed by atoms with Gasteiger partial charge in [0.25, 0.3) is 0 Å². The molecular formula is C22H27F2N3O4S. The minimum atomic E-state index is -3.45. The Bertz CT molecular complexity index is 1080. The average molecular weight is 468 g/mol. The molecule has 1 fully saturated rings. The van der Waals surface area contributed by atoms with E-state index in [-0.39, 0.29) is 35.2 Å². The summed E-state index contributed by atoms with van der Waals surface area (Å²) in [5.41, 5.74) is 0.261. The first-order valence-electron chi connectivity index (χ1n) is 10.4. The molecule has 1 aliphatic rings. The number of aromatic nitrogens is 1. The summed E-state index contributed by atoms with van der Waals surface area (Å²) in [6.45, 7) is 4.92. The van der Waals surface area contributed by atoms with Crippen LogP contribution in [0.4, 0.5) is 14.5 Å². The predicted octanol–water partition coefficient (Wildman–Crippen LogP) is 4.37. The highest BCUT2D eigenvalue weighted by Gasteiger charge is 2.34. The van der Waals surface area contributed by atoms with Crippen LogP contribution in [-0.4, -0.2) is 30.1 Å². The highest BCUT2D eigenvalue weighted by molar-refractivity contribution is 7.90. The lowest BCUT2D eigenvalue weighted by Gasteiger charge is -2.30. The Morgan fingerprint density at radius 3 is 2.44 bits per heavy atom. The van der Waals surface area contributed by atoms with Gasteiger partial charge < -0.3 is 10.1 Å². The minimum Gasteiger partial charge on any atom is -0.434 e. The fourth-order valence-corrected chi connectivity index (χ4v) is 4.36. The van der Waals surface area contributed by atoms with E-state index in [4.69, 9.17) is 4.74 Å². The number of nitrogens with zero attached hydrogens (tertiary/aromatic N) is 1. The molecular weight excluding hydrogens is 440 g/mol. The number of anilines is 1. The molecule has 1 aromatic heterocycles. The largest absolute Gasteiger partial charge is 0.434 e. The summed E-state index contributed by atoms with van der Waals surface area (Å²) in [5.74, 6) is -2.40. The van der Waals surface area contributed by atoms with Gasteiger partial charge in [0.15, 0.2) is 11.6 Å². The van der Waals surface area contributed by atoms with E-state index >= 15 is 0 Å². The number of rotatable bonds is 6. The van der Waals surface area contributed by atoms with Crippen molar-refractivity contribution in [3.8, 4) is 11.6 Å². The zero-order valence-electron chi connectivity index (χ0n) is 18.2. The lowest BCUT2D eigenvalue weighted by molar-refractivity contribution is -0.120. The summed E-state index contributed by atoms with van der Waals surface area (Å²) in [5, 5.41) is 2.76. The summed E-state index contributed by atoms with van der Waals surface area (Å²) in [7, 11) is -3.45. The predicted molar refractivity (Wildman–Crippen MR) is 117 cm³/mol. The smallest absolute Gasteiger partial charge is 0.243 e. The van der Waals surface area contributed by atoms with Crippen LogP contribution in [0.15, 0.2) is 36.5 Å². The van der Waals surface area contributed by atoms with Gasteiger partial charge in [-0.2, -0.15) is 0 Å². The maximum Gasteiger partial charge on any atom is 0.243 e. The molecule has 3 rings (SSSR count). The fourth-order valence-electron chi connectivity index (χ4n) is 3.33. The molecule has 2 N–H and O–H groups in total. The molecule has 1 heterocycles. The zero-order chi connectivity index (χ0) is 23.5. The topological polar surface area (TPSA) is 97.4 Å². The lowest BCUT2D eigenvalue weighted by Crippen LogP contribution is -2.46. The van der Waals surface area contributed by atoms with E-state index < -0.39 is 26.4 Å². The molecule has 32 heavy (non-hydrogen) atoms. The summed E-state index contributed by atoms with van der Waals surface area (Å²) in [6, 6.07) is 5.87. The quantitative estimate of drug-likeness (QED) is 0.658. The van der Waals surface area contributed by atoms with Crippen molar-refractivity contribution >= 4 is 21.6 Å². The third-order valence-corrected chi connectivity index (χ3v) is 7.61. The van der Waals surface area contributed by atoms with E-state index in [0.29, 0.717) is 31.7 Å². The van der Waals surface area contributed by atoms with Gasteiger partial charge in [-0.3, -0.25) is 4.79 Å². The third kappa shape index (κ3) is 5.80. The molecule has 1 saturated carbocycles. The molecule has 0 radical (unpaired) electrons. The van der Waals surface area contributed by atoms with Crippen LogP contribution in [0.2, 0.25) is 0 Å². The molecule has 0 atom stereocenters. The molecule has 0 aliphatic heterocycles. The number of sulfonamides is 1. The van der Waals surface area contributed by atoms with Crippen molar-refractivity contribution in [2.45, 2.75) is 57.2 Å². The van der Waals surface area contributed by atoms with Crippen molar-refractivity contribution in [3.63, 3.8) is 0 Å². The van der Waals surface area contributed by atoms with Gasteiger partial charge in [0.2, 0.25) is 21.8 Å². The maximum atomic E-state index is 13.9. The molecule has 0 unspecified atom stereocenters. The van der Waals surface area contributed by atoms with Gasteiger partial charge in [0.05, 0.1) is 4.75 Å². The normalized spacial score (nSPS) is 19.4. The lowest BCUT2D eigenvalue weighted by atomic mass is 9.86. The summed E-state index contributed by atoms with van der Waals surface area (Å²) in [6.07, 6.45) is 3.56. The van der Waals surface area contributed by atoms with Crippen LogP contribution < -0.4 is 14.8 Å².